The predicted molar refractivity (Wildman–Crippen MR) is 121 cm³/mol. The van der Waals surface area contributed by atoms with Gasteiger partial charge in [-0.2, -0.15) is 5.26 Å². The van der Waals surface area contributed by atoms with E-state index in [-0.39, 0.29) is 22.7 Å². The lowest BCUT2D eigenvalue weighted by Crippen LogP contribution is -2.42. The van der Waals surface area contributed by atoms with Gasteiger partial charge in [0.05, 0.1) is 22.5 Å². The minimum atomic E-state index is -0.534. The highest BCUT2D eigenvalue weighted by atomic mass is 16.6. The number of non-ortho nitro benzene ring substituents is 1. The smallest absolute Gasteiger partial charge is 0.269 e. The minimum Gasteiger partial charge on any atom is -0.384 e. The number of carbonyl (C=O) groups excluding carboxylic acids is 1. The van der Waals surface area contributed by atoms with E-state index in [9.17, 15) is 20.2 Å². The lowest BCUT2D eigenvalue weighted by Gasteiger charge is -2.43. The Morgan fingerprint density at radius 2 is 1.75 bits per heavy atom. The number of Topliss-reactive ketones (excluding diaryl/α,β-unsaturated/α-hetero) is 1. The van der Waals surface area contributed by atoms with Crippen LogP contribution in [0.1, 0.15) is 43.7 Å². The molecule has 162 valence electrons. The molecule has 2 N–H and O–H groups in total. The van der Waals surface area contributed by atoms with Crippen LogP contribution in [0.15, 0.2) is 71.2 Å². The van der Waals surface area contributed by atoms with Gasteiger partial charge in [-0.1, -0.05) is 43.7 Å². The quantitative estimate of drug-likeness (QED) is 0.552. The Morgan fingerprint density at radius 3 is 2.31 bits per heavy atom. The van der Waals surface area contributed by atoms with Gasteiger partial charge in [-0.15, -0.1) is 0 Å². The molecule has 0 saturated heterocycles. The number of hydrogen-bond acceptors (Lipinski definition) is 6. The first-order valence-electron chi connectivity index (χ1n) is 10.4. The molecule has 32 heavy (non-hydrogen) atoms. The van der Waals surface area contributed by atoms with Crippen LogP contribution in [0.2, 0.25) is 0 Å². The van der Waals surface area contributed by atoms with Gasteiger partial charge in [0.2, 0.25) is 0 Å². The molecule has 0 spiro atoms. The molecule has 1 atom stereocenters. The standard InChI is InChI=1S/C25H24N4O3/c1-15-4-6-16(7-5-15)22-19(14-26)24(27)28(17-8-10-18(11-9-17)29(31)32)20-12-25(2,3)13-21(30)23(20)22/h4-11,22H,12-13,27H2,1-3H3/t22-/m0/s1. The zero-order valence-corrected chi connectivity index (χ0v) is 18.3. The number of nitro benzene ring substituents is 1. The first-order valence-corrected chi connectivity index (χ1v) is 10.4. The van der Waals surface area contributed by atoms with Crippen molar-refractivity contribution in [1.29, 1.82) is 5.26 Å². The van der Waals surface area contributed by atoms with E-state index in [0.29, 0.717) is 29.7 Å². The van der Waals surface area contributed by atoms with Gasteiger partial charge in [0.25, 0.3) is 5.69 Å². The molecule has 0 amide bonds. The molecule has 4 rings (SSSR count). The molecule has 1 aliphatic carbocycles. The van der Waals surface area contributed by atoms with Crippen molar-refractivity contribution >= 4 is 17.2 Å². The topological polar surface area (TPSA) is 113 Å². The average Bonchev–Trinajstić information content (AvgIpc) is 2.73. The summed E-state index contributed by atoms with van der Waals surface area (Å²) in [5, 5.41) is 21.2. The molecule has 1 aliphatic heterocycles. The summed E-state index contributed by atoms with van der Waals surface area (Å²) in [6, 6.07) is 16.0. The number of rotatable bonds is 3. The Bertz CT molecular complexity index is 1220. The number of anilines is 1. The van der Waals surface area contributed by atoms with E-state index in [2.05, 4.69) is 6.07 Å². The van der Waals surface area contributed by atoms with Gasteiger partial charge in [-0.05, 0) is 36.5 Å². The van der Waals surface area contributed by atoms with Crippen LogP contribution >= 0.6 is 0 Å². The van der Waals surface area contributed by atoms with Crippen LogP contribution < -0.4 is 10.6 Å². The zero-order chi connectivity index (χ0) is 23.2. The summed E-state index contributed by atoms with van der Waals surface area (Å²) >= 11 is 0. The summed E-state index contributed by atoms with van der Waals surface area (Å²) in [6.07, 6.45) is 0.966. The number of nitrogens with zero attached hydrogens (tertiary/aromatic N) is 3. The lowest BCUT2D eigenvalue weighted by molar-refractivity contribution is -0.384. The van der Waals surface area contributed by atoms with Crippen LogP contribution in [-0.4, -0.2) is 10.7 Å². The largest absolute Gasteiger partial charge is 0.384 e. The van der Waals surface area contributed by atoms with Crippen LogP contribution in [0, 0.1) is 33.8 Å². The van der Waals surface area contributed by atoms with E-state index in [1.54, 1.807) is 17.0 Å². The number of carbonyl (C=O) groups is 1. The summed E-state index contributed by atoms with van der Waals surface area (Å²) < 4.78 is 0. The first kappa shape index (κ1) is 21.3. The molecule has 7 nitrogen and oxygen atoms in total. The van der Waals surface area contributed by atoms with E-state index < -0.39 is 10.8 Å². The van der Waals surface area contributed by atoms with Gasteiger partial charge in [0, 0.05) is 35.5 Å². The fourth-order valence-corrected chi connectivity index (χ4v) is 4.62. The van der Waals surface area contributed by atoms with Gasteiger partial charge in [-0.25, -0.2) is 0 Å². The zero-order valence-electron chi connectivity index (χ0n) is 18.3. The third kappa shape index (κ3) is 3.54. The molecular formula is C25H24N4O3. The van der Waals surface area contributed by atoms with Crippen LogP contribution in [0.5, 0.6) is 0 Å². The maximum Gasteiger partial charge on any atom is 0.269 e. The summed E-state index contributed by atoms with van der Waals surface area (Å²) in [4.78, 5) is 25.8. The average molecular weight is 428 g/mol. The van der Waals surface area contributed by atoms with Crippen molar-refractivity contribution in [2.45, 2.75) is 39.5 Å². The highest BCUT2D eigenvalue weighted by molar-refractivity contribution is 6.01. The molecule has 1 heterocycles. The Balaban J connectivity index is 1.96. The van der Waals surface area contributed by atoms with Crippen molar-refractivity contribution in [1.82, 2.24) is 0 Å². The highest BCUT2D eigenvalue weighted by Gasteiger charge is 2.44. The number of nitrogens with two attached hydrogens (primary N) is 1. The molecule has 2 aliphatic rings. The number of aryl methyl sites for hydroxylation is 1. The Morgan fingerprint density at radius 1 is 1.12 bits per heavy atom. The lowest BCUT2D eigenvalue weighted by atomic mass is 9.68. The maximum atomic E-state index is 13.4. The second kappa shape index (κ2) is 7.65. The SMILES string of the molecule is Cc1ccc([C@H]2C(C#N)=C(N)N(c3ccc([N+](=O)[O-])cc3)C3=C2C(=O)CC(C)(C)C3)cc1. The maximum absolute atomic E-state index is 13.4. The van der Waals surface area contributed by atoms with Crippen molar-refractivity contribution < 1.29 is 9.72 Å². The molecule has 2 aromatic carbocycles. The number of nitriles is 1. The van der Waals surface area contributed by atoms with Crippen molar-refractivity contribution in [3.05, 3.63) is 92.4 Å². The predicted octanol–water partition coefficient (Wildman–Crippen LogP) is 4.84. The van der Waals surface area contributed by atoms with Crippen LogP contribution in [0.4, 0.5) is 11.4 Å². The number of hydrogen-bond donors (Lipinski definition) is 1. The van der Waals surface area contributed by atoms with E-state index in [1.807, 2.05) is 45.0 Å². The van der Waals surface area contributed by atoms with E-state index in [0.717, 1.165) is 16.8 Å². The van der Waals surface area contributed by atoms with Crippen molar-refractivity contribution in [2.24, 2.45) is 11.1 Å². The Kier molecular flexibility index (Phi) is 5.09. The molecule has 0 fully saturated rings. The second-order valence-corrected chi connectivity index (χ2v) is 9.16. The molecule has 0 radical (unpaired) electrons. The molecule has 0 saturated carbocycles. The van der Waals surface area contributed by atoms with Crippen LogP contribution in [0.25, 0.3) is 0 Å². The first-order chi connectivity index (χ1) is 15.1. The number of ketones is 1. The van der Waals surface area contributed by atoms with Gasteiger partial charge < -0.3 is 5.73 Å². The molecule has 0 bridgehead atoms. The van der Waals surface area contributed by atoms with Crippen LogP contribution in [-0.2, 0) is 4.79 Å². The minimum absolute atomic E-state index is 0.00557. The van der Waals surface area contributed by atoms with Crippen molar-refractivity contribution in [3.63, 3.8) is 0 Å². The molecule has 2 aromatic rings. The van der Waals surface area contributed by atoms with Crippen LogP contribution in [0.3, 0.4) is 0 Å². The van der Waals surface area contributed by atoms with E-state index in [4.69, 9.17) is 5.73 Å². The third-order valence-electron chi connectivity index (χ3n) is 6.11. The number of nitro groups is 1. The summed E-state index contributed by atoms with van der Waals surface area (Å²) in [5.74, 6) is -0.293. The third-order valence-corrected chi connectivity index (χ3v) is 6.11. The highest BCUT2D eigenvalue weighted by Crippen LogP contribution is 2.50. The van der Waals surface area contributed by atoms with Crippen molar-refractivity contribution in [3.8, 4) is 6.07 Å². The van der Waals surface area contributed by atoms with Gasteiger partial charge in [0.15, 0.2) is 5.78 Å². The fourth-order valence-electron chi connectivity index (χ4n) is 4.62. The molecule has 0 aromatic heterocycles. The summed E-state index contributed by atoms with van der Waals surface area (Å²) in [5.41, 5.74) is 10.4. The number of allylic oxidation sites excluding steroid dienone is 3. The number of benzene rings is 2. The molecule has 0 unspecified atom stereocenters. The normalized spacial score (nSPS) is 20.1. The van der Waals surface area contributed by atoms with Gasteiger partial charge in [0.1, 0.15) is 5.82 Å². The second-order valence-electron chi connectivity index (χ2n) is 9.16. The Labute approximate surface area is 186 Å². The van der Waals surface area contributed by atoms with Crippen molar-refractivity contribution in [2.75, 3.05) is 4.90 Å². The summed E-state index contributed by atoms with van der Waals surface area (Å²) in [7, 11) is 0. The van der Waals surface area contributed by atoms with E-state index >= 15 is 0 Å². The fraction of sp³-hybridized carbons (Fsp3) is 0.280. The van der Waals surface area contributed by atoms with Gasteiger partial charge >= 0.3 is 0 Å². The molecule has 7 heteroatoms. The monoisotopic (exact) mass is 428 g/mol. The molecular weight excluding hydrogens is 404 g/mol. The van der Waals surface area contributed by atoms with E-state index in [1.165, 1.54) is 12.1 Å². The Hall–Kier alpha value is -3.92. The van der Waals surface area contributed by atoms with Gasteiger partial charge in [-0.3, -0.25) is 19.8 Å². The summed E-state index contributed by atoms with van der Waals surface area (Å²) in [6.45, 7) is 6.04.